The van der Waals surface area contributed by atoms with Gasteiger partial charge in [-0.3, -0.25) is 0 Å². The minimum Gasteiger partial charge on any atom is -0.478 e. The van der Waals surface area contributed by atoms with Gasteiger partial charge in [-0.1, -0.05) is 29.3 Å². The zero-order chi connectivity index (χ0) is 19.9. The van der Waals surface area contributed by atoms with Crippen molar-refractivity contribution in [1.82, 2.24) is 0 Å². The Morgan fingerprint density at radius 3 is 2.48 bits per heavy atom. The first-order valence-electron chi connectivity index (χ1n) is 7.83. The van der Waals surface area contributed by atoms with Gasteiger partial charge in [0.25, 0.3) is 0 Å². The average Bonchev–Trinajstić information content (AvgIpc) is 2.55. The number of hydrogen-bond acceptors (Lipinski definition) is 3. The van der Waals surface area contributed by atoms with Crippen molar-refractivity contribution in [3.05, 3.63) is 57.6 Å². The Labute approximate surface area is 157 Å². The number of ether oxygens (including phenoxy) is 2. The Hall–Kier alpha value is -2.67. The van der Waals surface area contributed by atoms with Crippen molar-refractivity contribution in [3.63, 3.8) is 0 Å². The summed E-state index contributed by atoms with van der Waals surface area (Å²) >= 11 is 6.17. The molecular weight excluding hydrogens is 385 g/mol. The van der Waals surface area contributed by atoms with E-state index in [1.807, 2.05) is 26.0 Å². The second kappa shape index (κ2) is 6.81. The molecule has 0 fully saturated rings. The summed E-state index contributed by atoms with van der Waals surface area (Å²) in [6.45, 7) is 3.74. The maximum atomic E-state index is 13.2. The van der Waals surface area contributed by atoms with Crippen LogP contribution in [-0.2, 0) is 4.79 Å². The van der Waals surface area contributed by atoms with E-state index in [4.69, 9.17) is 26.2 Å². The molecule has 0 aromatic heterocycles. The Morgan fingerprint density at radius 2 is 1.89 bits per heavy atom. The number of carboxylic acids is 1. The molecule has 1 unspecified atom stereocenters. The van der Waals surface area contributed by atoms with E-state index in [-0.39, 0.29) is 22.1 Å². The minimum atomic E-state index is -4.88. The van der Waals surface area contributed by atoms with Gasteiger partial charge in [0.05, 0.1) is 10.6 Å². The lowest BCUT2D eigenvalue weighted by atomic mass is 10.0. The molecule has 3 rings (SSSR count). The number of hydrogen-bond donors (Lipinski definition) is 1. The molecule has 2 aromatic carbocycles. The highest BCUT2D eigenvalue weighted by Gasteiger charge is 2.48. The average molecular weight is 399 g/mol. The molecule has 1 aliphatic rings. The van der Waals surface area contributed by atoms with Gasteiger partial charge in [-0.25, -0.2) is 4.79 Å². The Balaban J connectivity index is 2.02. The number of fused-ring (bicyclic) bond motifs is 1. The standard InChI is InChI=1S/C19H14ClF3O4/c1-9-3-4-14(10(2)5-9)26-16-8-15-11(7-13(16)20)6-12(18(24)25)17(27-15)19(21,22)23/h3-8,17H,1-2H3,(H,24,25). The Morgan fingerprint density at radius 1 is 1.19 bits per heavy atom. The van der Waals surface area contributed by atoms with Crippen LogP contribution in [0.1, 0.15) is 16.7 Å². The van der Waals surface area contributed by atoms with Crippen LogP contribution < -0.4 is 9.47 Å². The number of alkyl halides is 3. The van der Waals surface area contributed by atoms with Crippen LogP contribution in [0, 0.1) is 13.8 Å². The predicted molar refractivity (Wildman–Crippen MR) is 93.5 cm³/mol. The first-order chi connectivity index (χ1) is 12.6. The highest BCUT2D eigenvalue weighted by molar-refractivity contribution is 6.32. The molecule has 0 bridgehead atoms. The quantitative estimate of drug-likeness (QED) is 0.737. The van der Waals surface area contributed by atoms with Gasteiger partial charge in [0.1, 0.15) is 17.2 Å². The van der Waals surface area contributed by atoms with Gasteiger partial charge in [0, 0.05) is 11.6 Å². The molecule has 27 heavy (non-hydrogen) atoms. The second-order valence-electron chi connectivity index (χ2n) is 6.14. The van der Waals surface area contributed by atoms with Gasteiger partial charge in [0.2, 0.25) is 6.10 Å². The van der Waals surface area contributed by atoms with E-state index in [0.717, 1.165) is 17.2 Å². The molecule has 4 nitrogen and oxygen atoms in total. The number of carbonyl (C=O) groups is 1. The van der Waals surface area contributed by atoms with Gasteiger partial charge in [-0.2, -0.15) is 13.2 Å². The third-order valence-electron chi connectivity index (χ3n) is 4.00. The first kappa shape index (κ1) is 19.1. The minimum absolute atomic E-state index is 0.107. The zero-order valence-corrected chi connectivity index (χ0v) is 15.0. The van der Waals surface area contributed by atoms with Gasteiger partial charge in [-0.15, -0.1) is 0 Å². The van der Waals surface area contributed by atoms with E-state index < -0.39 is 23.8 Å². The van der Waals surface area contributed by atoms with E-state index in [9.17, 15) is 18.0 Å². The Bertz CT molecular complexity index is 951. The van der Waals surface area contributed by atoms with Crippen LogP contribution in [0.3, 0.4) is 0 Å². The molecule has 1 aliphatic heterocycles. The lowest BCUT2D eigenvalue weighted by molar-refractivity contribution is -0.187. The summed E-state index contributed by atoms with van der Waals surface area (Å²) in [6, 6.07) is 7.98. The molecule has 0 saturated heterocycles. The summed E-state index contributed by atoms with van der Waals surface area (Å²) in [5.41, 5.74) is 1.07. The molecular formula is C19H14ClF3O4. The molecule has 0 amide bonds. The molecule has 0 aliphatic carbocycles. The lowest BCUT2D eigenvalue weighted by Gasteiger charge is -2.27. The summed E-state index contributed by atoms with van der Waals surface area (Å²) in [5, 5.41) is 9.18. The molecule has 142 valence electrons. The molecule has 1 atom stereocenters. The molecule has 8 heteroatoms. The molecule has 0 spiro atoms. The zero-order valence-electron chi connectivity index (χ0n) is 14.2. The van der Waals surface area contributed by atoms with E-state index in [2.05, 4.69) is 0 Å². The van der Waals surface area contributed by atoms with Crippen LogP contribution in [-0.4, -0.2) is 23.4 Å². The van der Waals surface area contributed by atoms with Crippen molar-refractivity contribution < 1.29 is 32.5 Å². The number of benzene rings is 2. The van der Waals surface area contributed by atoms with Crippen LogP contribution >= 0.6 is 11.6 Å². The third-order valence-corrected chi connectivity index (χ3v) is 4.29. The van der Waals surface area contributed by atoms with Crippen molar-refractivity contribution in [3.8, 4) is 17.2 Å². The van der Waals surface area contributed by atoms with Crippen molar-refractivity contribution in [2.24, 2.45) is 0 Å². The molecule has 0 saturated carbocycles. The van der Waals surface area contributed by atoms with E-state index in [1.165, 1.54) is 12.1 Å². The summed E-state index contributed by atoms with van der Waals surface area (Å²) in [6.07, 6.45) is -6.54. The highest BCUT2D eigenvalue weighted by Crippen LogP contribution is 2.42. The Kier molecular flexibility index (Phi) is 4.82. The van der Waals surface area contributed by atoms with Crippen LogP contribution in [0.25, 0.3) is 6.08 Å². The highest BCUT2D eigenvalue weighted by atomic mass is 35.5. The summed E-state index contributed by atoms with van der Waals surface area (Å²) in [5.74, 6) is -1.27. The SMILES string of the molecule is Cc1ccc(Oc2cc3c(cc2Cl)C=C(C(=O)O)C(C(F)(F)F)O3)c(C)c1. The van der Waals surface area contributed by atoms with Gasteiger partial charge in [-0.05, 0) is 37.6 Å². The van der Waals surface area contributed by atoms with E-state index in [1.54, 1.807) is 6.07 Å². The summed E-state index contributed by atoms with van der Waals surface area (Å²) in [7, 11) is 0. The number of halogens is 4. The van der Waals surface area contributed by atoms with E-state index >= 15 is 0 Å². The largest absolute Gasteiger partial charge is 0.478 e. The van der Waals surface area contributed by atoms with Crippen LogP contribution in [0.2, 0.25) is 5.02 Å². The summed E-state index contributed by atoms with van der Waals surface area (Å²) in [4.78, 5) is 11.2. The monoisotopic (exact) mass is 398 g/mol. The predicted octanol–water partition coefficient (Wildman–Crippen LogP) is 5.54. The number of carboxylic acid groups (broad SMARTS) is 1. The fourth-order valence-corrected chi connectivity index (χ4v) is 2.94. The second-order valence-corrected chi connectivity index (χ2v) is 6.54. The van der Waals surface area contributed by atoms with E-state index in [0.29, 0.717) is 5.75 Å². The fraction of sp³-hybridized carbons (Fsp3) is 0.211. The maximum absolute atomic E-state index is 13.2. The van der Waals surface area contributed by atoms with Gasteiger partial charge in [0.15, 0.2) is 0 Å². The third kappa shape index (κ3) is 3.88. The molecule has 0 radical (unpaired) electrons. The van der Waals surface area contributed by atoms with Crippen molar-refractivity contribution >= 4 is 23.6 Å². The lowest BCUT2D eigenvalue weighted by Crippen LogP contribution is -2.40. The van der Waals surface area contributed by atoms with Crippen LogP contribution in [0.4, 0.5) is 13.2 Å². The first-order valence-corrected chi connectivity index (χ1v) is 8.21. The number of aryl methyl sites for hydroxylation is 2. The van der Waals surface area contributed by atoms with Crippen LogP contribution in [0.5, 0.6) is 17.2 Å². The number of rotatable bonds is 3. The van der Waals surface area contributed by atoms with Gasteiger partial charge < -0.3 is 14.6 Å². The fourth-order valence-electron chi connectivity index (χ4n) is 2.73. The van der Waals surface area contributed by atoms with Crippen LogP contribution in [0.15, 0.2) is 35.9 Å². The molecule has 1 heterocycles. The van der Waals surface area contributed by atoms with Crippen molar-refractivity contribution in [2.45, 2.75) is 26.1 Å². The van der Waals surface area contributed by atoms with Gasteiger partial charge >= 0.3 is 12.1 Å². The van der Waals surface area contributed by atoms with Crippen molar-refractivity contribution in [2.75, 3.05) is 0 Å². The maximum Gasteiger partial charge on any atom is 0.430 e. The smallest absolute Gasteiger partial charge is 0.430 e. The topological polar surface area (TPSA) is 55.8 Å². The number of aliphatic carboxylic acids is 1. The van der Waals surface area contributed by atoms with Crippen molar-refractivity contribution in [1.29, 1.82) is 0 Å². The normalized spacial score (nSPS) is 16.2. The summed E-state index contributed by atoms with van der Waals surface area (Å²) < 4.78 is 50.2. The molecule has 2 aromatic rings. The molecule has 1 N–H and O–H groups in total.